The maximum atomic E-state index is 12.5. The number of nitrogens with zero attached hydrogens (tertiary/aromatic N) is 3. The number of benzene rings is 1. The largest absolute Gasteiger partial charge is 0.454 e. The summed E-state index contributed by atoms with van der Waals surface area (Å²) < 4.78 is 5.70. The third-order valence-corrected chi connectivity index (χ3v) is 4.69. The predicted octanol–water partition coefficient (Wildman–Crippen LogP) is 2.40. The maximum absolute atomic E-state index is 12.5. The van der Waals surface area contributed by atoms with Gasteiger partial charge in [-0.05, 0) is 34.0 Å². The lowest BCUT2D eigenvalue weighted by atomic mass is 10.0. The quantitative estimate of drug-likeness (QED) is 0.532. The number of rotatable bonds is 10. The van der Waals surface area contributed by atoms with Gasteiger partial charge in [0.1, 0.15) is 6.04 Å². The molecular weight excluding hydrogens is 440 g/mol. The first-order valence-corrected chi connectivity index (χ1v) is 9.84. The fourth-order valence-corrected chi connectivity index (χ4v) is 2.87. The molecule has 0 aliphatic rings. The summed E-state index contributed by atoms with van der Waals surface area (Å²) in [5.74, 6) is -1.93. The Balaban J connectivity index is 2.73. The van der Waals surface area contributed by atoms with Crippen molar-refractivity contribution in [2.75, 3.05) is 19.7 Å². The Labute approximate surface area is 178 Å². The molecule has 1 aromatic carbocycles. The lowest BCUT2D eigenvalue weighted by Crippen LogP contribution is -2.46. The SMILES string of the molecule is CC(C)C(NC(=O)c1ccccc1Br)C(=O)OCC(=O)N(CCC#N)CCC#N. The zero-order valence-corrected chi connectivity index (χ0v) is 17.9. The van der Waals surface area contributed by atoms with E-state index in [2.05, 4.69) is 21.2 Å². The topological polar surface area (TPSA) is 123 Å². The molecule has 0 saturated heterocycles. The smallest absolute Gasteiger partial charge is 0.329 e. The zero-order valence-electron chi connectivity index (χ0n) is 16.4. The Hall–Kier alpha value is -2.91. The van der Waals surface area contributed by atoms with Crippen LogP contribution in [0.1, 0.15) is 37.0 Å². The van der Waals surface area contributed by atoms with Gasteiger partial charge in [-0.2, -0.15) is 10.5 Å². The average Bonchev–Trinajstić information content (AvgIpc) is 2.70. The highest BCUT2D eigenvalue weighted by atomic mass is 79.9. The number of halogens is 1. The predicted molar refractivity (Wildman–Crippen MR) is 108 cm³/mol. The van der Waals surface area contributed by atoms with E-state index in [-0.39, 0.29) is 31.8 Å². The Bertz CT molecular complexity index is 795. The fourth-order valence-electron chi connectivity index (χ4n) is 2.41. The molecule has 154 valence electrons. The van der Waals surface area contributed by atoms with Crippen LogP contribution in [0, 0.1) is 28.6 Å². The number of amides is 2. The summed E-state index contributed by atoms with van der Waals surface area (Å²) in [6, 6.07) is 9.74. The molecule has 0 heterocycles. The number of ether oxygens (including phenoxy) is 1. The lowest BCUT2D eigenvalue weighted by molar-refractivity contribution is -0.154. The molecule has 1 aromatic rings. The summed E-state index contributed by atoms with van der Waals surface area (Å²) >= 11 is 3.29. The Kier molecular flexibility index (Phi) is 10.4. The van der Waals surface area contributed by atoms with Gasteiger partial charge in [0.05, 0.1) is 30.5 Å². The molecule has 9 heteroatoms. The van der Waals surface area contributed by atoms with Gasteiger partial charge < -0.3 is 15.0 Å². The van der Waals surface area contributed by atoms with Crippen molar-refractivity contribution in [2.24, 2.45) is 5.92 Å². The highest BCUT2D eigenvalue weighted by molar-refractivity contribution is 9.10. The Morgan fingerprint density at radius 3 is 2.24 bits per heavy atom. The van der Waals surface area contributed by atoms with Crippen LogP contribution in [-0.2, 0) is 14.3 Å². The molecule has 2 amide bonds. The van der Waals surface area contributed by atoms with Crippen LogP contribution in [0.15, 0.2) is 28.7 Å². The average molecular weight is 463 g/mol. The van der Waals surface area contributed by atoms with Crippen LogP contribution in [0.5, 0.6) is 0 Å². The molecular formula is C20H23BrN4O4. The van der Waals surface area contributed by atoms with Crippen molar-refractivity contribution in [2.45, 2.75) is 32.7 Å². The van der Waals surface area contributed by atoms with Crippen LogP contribution < -0.4 is 5.32 Å². The van der Waals surface area contributed by atoms with Gasteiger partial charge in [0, 0.05) is 17.6 Å². The van der Waals surface area contributed by atoms with Crippen molar-refractivity contribution in [1.82, 2.24) is 10.2 Å². The van der Waals surface area contributed by atoms with Crippen LogP contribution in [0.4, 0.5) is 0 Å². The van der Waals surface area contributed by atoms with Gasteiger partial charge in [0.2, 0.25) is 0 Å². The number of nitriles is 2. The van der Waals surface area contributed by atoms with Crippen molar-refractivity contribution in [3.63, 3.8) is 0 Å². The van der Waals surface area contributed by atoms with Crippen LogP contribution in [-0.4, -0.2) is 48.4 Å². The number of hydrogen-bond donors (Lipinski definition) is 1. The number of hydrogen-bond acceptors (Lipinski definition) is 6. The van der Waals surface area contributed by atoms with E-state index in [1.807, 2.05) is 12.1 Å². The first-order valence-electron chi connectivity index (χ1n) is 9.05. The third kappa shape index (κ3) is 7.92. The van der Waals surface area contributed by atoms with Crippen LogP contribution in [0.2, 0.25) is 0 Å². The third-order valence-electron chi connectivity index (χ3n) is 4.00. The molecule has 1 rings (SSSR count). The standard InChI is InChI=1S/C20H23BrN4O4/c1-14(2)18(24-19(27)15-7-3-4-8-16(15)21)20(28)29-13-17(26)25(11-5-9-22)12-6-10-23/h3-4,7-8,14,18H,5-6,11-13H2,1-2H3,(H,24,27). The van der Waals surface area contributed by atoms with E-state index in [1.165, 1.54) is 4.90 Å². The second-order valence-corrected chi connectivity index (χ2v) is 7.33. The Morgan fingerprint density at radius 1 is 1.14 bits per heavy atom. The van der Waals surface area contributed by atoms with E-state index in [9.17, 15) is 14.4 Å². The first-order chi connectivity index (χ1) is 13.8. The molecule has 1 unspecified atom stereocenters. The van der Waals surface area contributed by atoms with Crippen molar-refractivity contribution >= 4 is 33.7 Å². The van der Waals surface area contributed by atoms with E-state index in [0.29, 0.717) is 10.0 Å². The minimum absolute atomic E-state index is 0.113. The number of nitrogens with one attached hydrogen (secondary N) is 1. The second kappa shape index (κ2) is 12.5. The van der Waals surface area contributed by atoms with Gasteiger partial charge >= 0.3 is 5.97 Å². The number of carbonyl (C=O) groups excluding carboxylic acids is 3. The van der Waals surface area contributed by atoms with Gasteiger partial charge in [0.25, 0.3) is 11.8 Å². The zero-order chi connectivity index (χ0) is 21.8. The fraction of sp³-hybridized carbons (Fsp3) is 0.450. The van der Waals surface area contributed by atoms with Crippen LogP contribution in [0.3, 0.4) is 0 Å². The molecule has 0 fully saturated rings. The lowest BCUT2D eigenvalue weighted by Gasteiger charge is -2.23. The van der Waals surface area contributed by atoms with Crippen LogP contribution >= 0.6 is 15.9 Å². The van der Waals surface area contributed by atoms with E-state index in [0.717, 1.165) is 0 Å². The van der Waals surface area contributed by atoms with E-state index in [1.54, 1.807) is 38.1 Å². The molecule has 0 aliphatic carbocycles. The first kappa shape index (κ1) is 24.1. The summed E-state index contributed by atoms with van der Waals surface area (Å²) in [5, 5.41) is 20.0. The molecule has 1 atom stereocenters. The molecule has 29 heavy (non-hydrogen) atoms. The molecule has 0 aliphatic heterocycles. The van der Waals surface area contributed by atoms with Gasteiger partial charge in [-0.3, -0.25) is 9.59 Å². The van der Waals surface area contributed by atoms with E-state index < -0.39 is 30.4 Å². The minimum atomic E-state index is -0.936. The van der Waals surface area contributed by atoms with Gasteiger partial charge in [-0.25, -0.2) is 4.79 Å². The van der Waals surface area contributed by atoms with E-state index >= 15 is 0 Å². The van der Waals surface area contributed by atoms with Crippen molar-refractivity contribution < 1.29 is 19.1 Å². The summed E-state index contributed by atoms with van der Waals surface area (Å²) in [6.45, 7) is 3.28. The van der Waals surface area contributed by atoms with Gasteiger partial charge in [-0.15, -0.1) is 0 Å². The maximum Gasteiger partial charge on any atom is 0.329 e. The highest BCUT2D eigenvalue weighted by Gasteiger charge is 2.28. The molecule has 0 bridgehead atoms. The summed E-state index contributed by atoms with van der Waals surface area (Å²) in [7, 11) is 0. The number of esters is 1. The van der Waals surface area contributed by atoms with Crippen LogP contribution in [0.25, 0.3) is 0 Å². The normalized spacial score (nSPS) is 11.1. The molecule has 0 saturated carbocycles. The van der Waals surface area contributed by atoms with Crippen molar-refractivity contribution in [3.05, 3.63) is 34.3 Å². The van der Waals surface area contributed by atoms with Crippen molar-refractivity contribution in [3.8, 4) is 12.1 Å². The Morgan fingerprint density at radius 2 is 1.72 bits per heavy atom. The number of carbonyl (C=O) groups is 3. The molecule has 8 nitrogen and oxygen atoms in total. The summed E-state index contributed by atoms with van der Waals surface area (Å²) in [5.41, 5.74) is 0.376. The summed E-state index contributed by atoms with van der Waals surface area (Å²) in [4.78, 5) is 38.5. The molecule has 0 radical (unpaired) electrons. The van der Waals surface area contributed by atoms with Crippen molar-refractivity contribution in [1.29, 1.82) is 10.5 Å². The molecule has 0 spiro atoms. The highest BCUT2D eigenvalue weighted by Crippen LogP contribution is 2.16. The molecule has 1 N–H and O–H groups in total. The van der Waals surface area contributed by atoms with Gasteiger partial charge in [-0.1, -0.05) is 26.0 Å². The minimum Gasteiger partial charge on any atom is -0.454 e. The van der Waals surface area contributed by atoms with Gasteiger partial charge in [0.15, 0.2) is 6.61 Å². The second-order valence-electron chi connectivity index (χ2n) is 6.48. The summed E-state index contributed by atoms with van der Waals surface area (Å²) in [6.07, 6.45) is 0.226. The van der Waals surface area contributed by atoms with E-state index in [4.69, 9.17) is 15.3 Å². The molecule has 0 aromatic heterocycles. The monoisotopic (exact) mass is 462 g/mol.